The lowest BCUT2D eigenvalue weighted by atomic mass is 9.93. The van der Waals surface area contributed by atoms with Crippen molar-refractivity contribution in [3.05, 3.63) is 17.2 Å². The van der Waals surface area contributed by atoms with Crippen molar-refractivity contribution in [2.24, 2.45) is 0 Å². The summed E-state index contributed by atoms with van der Waals surface area (Å²) < 4.78 is 27.2. The largest absolute Gasteiger partial charge is 0.493 e. The van der Waals surface area contributed by atoms with Gasteiger partial charge in [0, 0.05) is 17.5 Å². The van der Waals surface area contributed by atoms with Crippen molar-refractivity contribution in [1.82, 2.24) is 0 Å². The fraction of sp³-hybridized carbons (Fsp3) is 0.529. The molecule has 0 saturated carbocycles. The molecule has 1 aliphatic rings. The van der Waals surface area contributed by atoms with Crippen LogP contribution in [0.15, 0.2) is 6.07 Å². The van der Waals surface area contributed by atoms with Crippen LogP contribution in [0.4, 0.5) is 0 Å². The number of hydrogen-bond acceptors (Lipinski definition) is 7. The monoisotopic (exact) mass is 338 g/mol. The van der Waals surface area contributed by atoms with Gasteiger partial charge in [0.15, 0.2) is 11.5 Å². The average Bonchev–Trinajstić information content (AvgIpc) is 2.58. The van der Waals surface area contributed by atoms with Crippen molar-refractivity contribution in [3.63, 3.8) is 0 Å². The lowest BCUT2D eigenvalue weighted by molar-refractivity contribution is -0.251. The summed E-state index contributed by atoms with van der Waals surface area (Å²) in [5.41, 5.74) is 1.24. The van der Waals surface area contributed by atoms with Crippen LogP contribution in [0.1, 0.15) is 37.8 Å². The molecule has 0 radical (unpaired) electrons. The van der Waals surface area contributed by atoms with Gasteiger partial charge in [-0.15, -0.1) is 0 Å². The molecule has 7 heteroatoms. The van der Waals surface area contributed by atoms with Gasteiger partial charge in [0.05, 0.1) is 21.3 Å². The smallest absolute Gasteiger partial charge is 0.320 e. The van der Waals surface area contributed by atoms with Crippen LogP contribution in [0.2, 0.25) is 0 Å². The van der Waals surface area contributed by atoms with Gasteiger partial charge < -0.3 is 23.7 Å². The predicted octanol–water partition coefficient (Wildman–Crippen LogP) is 2.33. The molecule has 1 heterocycles. The molecular formula is C17H22O7. The van der Waals surface area contributed by atoms with Gasteiger partial charge in [-0.3, -0.25) is 9.59 Å². The Morgan fingerprint density at radius 3 is 2.00 bits per heavy atom. The third-order valence-electron chi connectivity index (χ3n) is 4.01. The predicted molar refractivity (Wildman–Crippen MR) is 84.2 cm³/mol. The zero-order valence-corrected chi connectivity index (χ0v) is 14.6. The lowest BCUT2D eigenvalue weighted by Gasteiger charge is -2.37. The van der Waals surface area contributed by atoms with Gasteiger partial charge in [0.2, 0.25) is 5.75 Å². The Hall–Kier alpha value is -2.44. The van der Waals surface area contributed by atoms with Gasteiger partial charge in [-0.05, 0) is 12.5 Å². The summed E-state index contributed by atoms with van der Waals surface area (Å²) in [6.07, 6.45) is 0.416. The maximum absolute atomic E-state index is 11.8. The quantitative estimate of drug-likeness (QED) is 0.581. The minimum atomic E-state index is -1.50. The van der Waals surface area contributed by atoms with Crippen molar-refractivity contribution in [2.75, 3.05) is 21.3 Å². The van der Waals surface area contributed by atoms with Crippen LogP contribution in [0.5, 0.6) is 17.2 Å². The van der Waals surface area contributed by atoms with E-state index < -0.39 is 24.1 Å². The number of carbonyl (C=O) groups is 2. The van der Waals surface area contributed by atoms with Crippen molar-refractivity contribution >= 4 is 11.9 Å². The molecular weight excluding hydrogens is 316 g/mol. The third-order valence-corrected chi connectivity index (χ3v) is 4.01. The molecule has 0 aromatic heterocycles. The fourth-order valence-corrected chi connectivity index (χ4v) is 2.93. The first kappa shape index (κ1) is 17.9. The Balaban J connectivity index is 2.75. The molecule has 1 saturated heterocycles. The second-order valence-electron chi connectivity index (χ2n) is 5.26. The molecule has 1 aliphatic heterocycles. The first-order valence-corrected chi connectivity index (χ1v) is 7.72. The van der Waals surface area contributed by atoms with Gasteiger partial charge in [-0.2, -0.15) is 0 Å². The van der Waals surface area contributed by atoms with E-state index in [1.165, 1.54) is 21.3 Å². The zero-order valence-electron chi connectivity index (χ0n) is 14.6. The van der Waals surface area contributed by atoms with Crippen LogP contribution in [-0.4, -0.2) is 33.3 Å². The van der Waals surface area contributed by atoms with Crippen LogP contribution in [-0.2, 0) is 31.3 Å². The number of hydrogen-bond donors (Lipinski definition) is 0. The van der Waals surface area contributed by atoms with Crippen molar-refractivity contribution in [2.45, 2.75) is 38.9 Å². The summed E-state index contributed by atoms with van der Waals surface area (Å²) >= 11 is 0. The molecule has 0 spiro atoms. The summed E-state index contributed by atoms with van der Waals surface area (Å²) in [6.45, 7) is 3.69. The topological polar surface area (TPSA) is 80.3 Å². The van der Waals surface area contributed by atoms with Crippen molar-refractivity contribution in [3.8, 4) is 17.2 Å². The highest BCUT2D eigenvalue weighted by atomic mass is 16.7. The second-order valence-corrected chi connectivity index (χ2v) is 5.26. The van der Waals surface area contributed by atoms with Crippen LogP contribution >= 0.6 is 0 Å². The van der Waals surface area contributed by atoms with E-state index >= 15 is 0 Å². The first-order chi connectivity index (χ1) is 11.5. The average molecular weight is 338 g/mol. The Kier molecular flexibility index (Phi) is 5.21. The highest BCUT2D eigenvalue weighted by Gasteiger charge is 2.46. The normalized spacial score (nSPS) is 16.2. The molecule has 132 valence electrons. The van der Waals surface area contributed by atoms with Gasteiger partial charge in [-0.25, -0.2) is 0 Å². The SMILES string of the molecule is CCc1c(C2(CC)OC(=O)CC(=O)O2)cc(OC)c(OC)c1OC. The Bertz CT molecular complexity index is 635. The van der Waals surface area contributed by atoms with Gasteiger partial charge in [-0.1, -0.05) is 13.8 Å². The minimum absolute atomic E-state index is 0.260. The second kappa shape index (κ2) is 6.98. The molecule has 0 unspecified atom stereocenters. The van der Waals surface area contributed by atoms with Crippen LogP contribution in [0.3, 0.4) is 0 Å². The highest BCUT2D eigenvalue weighted by molar-refractivity contribution is 5.93. The molecule has 7 nitrogen and oxygen atoms in total. The standard InChI is InChI=1S/C17H22O7/c1-6-10-11(8-12(20-3)16(22-5)15(10)21-4)17(7-2)23-13(18)9-14(19)24-17/h8H,6-7,9H2,1-5H3. The summed E-state index contributed by atoms with van der Waals surface area (Å²) in [5.74, 6) is -1.45. The zero-order chi connectivity index (χ0) is 17.9. The number of cyclic esters (lactones) is 2. The van der Waals surface area contributed by atoms with E-state index in [4.69, 9.17) is 23.7 Å². The number of esters is 2. The molecule has 0 aliphatic carbocycles. The van der Waals surface area contributed by atoms with E-state index in [1.54, 1.807) is 13.0 Å². The number of carbonyl (C=O) groups excluding carboxylic acids is 2. The molecule has 0 N–H and O–H groups in total. The molecule has 1 aromatic rings. The Morgan fingerprint density at radius 2 is 1.58 bits per heavy atom. The highest BCUT2D eigenvalue weighted by Crippen LogP contribution is 2.48. The molecule has 0 amide bonds. The summed E-state index contributed by atoms with van der Waals surface area (Å²) in [7, 11) is 4.51. The third kappa shape index (κ3) is 2.86. The Morgan fingerprint density at radius 1 is 1.00 bits per heavy atom. The van der Waals surface area contributed by atoms with Gasteiger partial charge in [0.1, 0.15) is 6.42 Å². The molecule has 1 fully saturated rings. The summed E-state index contributed by atoms with van der Waals surface area (Å²) in [5, 5.41) is 0. The van der Waals surface area contributed by atoms with E-state index in [2.05, 4.69) is 0 Å². The van der Waals surface area contributed by atoms with E-state index in [0.717, 1.165) is 5.56 Å². The van der Waals surface area contributed by atoms with Crippen LogP contribution in [0, 0.1) is 0 Å². The lowest BCUT2D eigenvalue weighted by Crippen LogP contribution is -2.43. The molecule has 2 rings (SSSR count). The Labute approximate surface area is 140 Å². The maximum Gasteiger partial charge on any atom is 0.320 e. The van der Waals surface area contributed by atoms with E-state index in [-0.39, 0.29) is 6.42 Å². The van der Waals surface area contributed by atoms with Crippen LogP contribution in [0.25, 0.3) is 0 Å². The molecule has 1 aromatic carbocycles. The first-order valence-electron chi connectivity index (χ1n) is 7.72. The summed E-state index contributed by atoms with van der Waals surface area (Å²) in [4.78, 5) is 23.7. The molecule has 24 heavy (non-hydrogen) atoms. The minimum Gasteiger partial charge on any atom is -0.493 e. The van der Waals surface area contributed by atoms with Crippen molar-refractivity contribution < 1.29 is 33.3 Å². The molecule has 0 atom stereocenters. The number of benzene rings is 1. The van der Waals surface area contributed by atoms with E-state index in [0.29, 0.717) is 29.2 Å². The van der Waals surface area contributed by atoms with Crippen molar-refractivity contribution in [1.29, 1.82) is 0 Å². The maximum atomic E-state index is 11.8. The number of rotatable bonds is 6. The van der Waals surface area contributed by atoms with E-state index in [9.17, 15) is 9.59 Å². The fourth-order valence-electron chi connectivity index (χ4n) is 2.93. The van der Waals surface area contributed by atoms with Crippen LogP contribution < -0.4 is 14.2 Å². The van der Waals surface area contributed by atoms with Gasteiger partial charge in [0.25, 0.3) is 5.79 Å². The molecule has 0 bridgehead atoms. The number of methoxy groups -OCH3 is 3. The van der Waals surface area contributed by atoms with E-state index in [1.807, 2.05) is 6.92 Å². The number of ether oxygens (including phenoxy) is 5. The van der Waals surface area contributed by atoms with Gasteiger partial charge >= 0.3 is 11.9 Å². The summed E-state index contributed by atoms with van der Waals surface area (Å²) in [6, 6.07) is 1.66.